The fourth-order valence-corrected chi connectivity index (χ4v) is 4.62. The van der Waals surface area contributed by atoms with Crippen LogP contribution in [0.2, 0.25) is 0 Å². The van der Waals surface area contributed by atoms with Gasteiger partial charge in [-0.3, -0.25) is 4.79 Å². The molecule has 30 heavy (non-hydrogen) atoms. The zero-order valence-electron chi connectivity index (χ0n) is 17.5. The van der Waals surface area contributed by atoms with E-state index >= 15 is 0 Å². The number of hydrogen-bond donors (Lipinski definition) is 1. The molecule has 5 nitrogen and oxygen atoms in total. The lowest BCUT2D eigenvalue weighted by atomic mass is 9.95. The summed E-state index contributed by atoms with van der Waals surface area (Å²) < 4.78 is 11.3. The molecule has 1 saturated carbocycles. The molecule has 0 spiro atoms. The van der Waals surface area contributed by atoms with Crippen molar-refractivity contribution < 1.29 is 14.3 Å². The van der Waals surface area contributed by atoms with Gasteiger partial charge < -0.3 is 20.1 Å². The quantitative estimate of drug-likeness (QED) is 0.733. The molecule has 2 N–H and O–H groups in total. The summed E-state index contributed by atoms with van der Waals surface area (Å²) in [6.07, 6.45) is 4.48. The van der Waals surface area contributed by atoms with E-state index in [-0.39, 0.29) is 36.3 Å². The van der Waals surface area contributed by atoms with E-state index in [2.05, 4.69) is 12.1 Å². The molecule has 6 heteroatoms. The Hall–Kier alpha value is -2.24. The van der Waals surface area contributed by atoms with Gasteiger partial charge in [0.15, 0.2) is 0 Å². The van der Waals surface area contributed by atoms with Crippen molar-refractivity contribution in [2.45, 2.75) is 50.7 Å². The summed E-state index contributed by atoms with van der Waals surface area (Å²) in [5.41, 5.74) is 8.42. The second-order valence-electron chi connectivity index (χ2n) is 8.12. The Balaban J connectivity index is 0.00000256. The van der Waals surface area contributed by atoms with Gasteiger partial charge in [-0.1, -0.05) is 36.8 Å². The number of rotatable bonds is 6. The van der Waals surface area contributed by atoms with Crippen molar-refractivity contribution in [1.82, 2.24) is 4.90 Å². The number of carbonyl (C=O) groups excluding carboxylic acids is 1. The fourth-order valence-electron chi connectivity index (χ4n) is 4.62. The lowest BCUT2D eigenvalue weighted by Gasteiger charge is -2.37. The van der Waals surface area contributed by atoms with Gasteiger partial charge in [0.25, 0.3) is 0 Å². The highest BCUT2D eigenvalue weighted by Crippen LogP contribution is 2.40. The number of amides is 1. The van der Waals surface area contributed by atoms with Crippen LogP contribution in [0, 0.1) is 5.92 Å². The fraction of sp³-hybridized carbons (Fsp3) is 0.458. The van der Waals surface area contributed by atoms with Gasteiger partial charge in [-0.25, -0.2) is 0 Å². The highest BCUT2D eigenvalue weighted by atomic mass is 35.5. The van der Waals surface area contributed by atoms with Crippen LogP contribution < -0.4 is 15.2 Å². The molecule has 0 aromatic heterocycles. The summed E-state index contributed by atoms with van der Waals surface area (Å²) in [5, 5.41) is 0. The van der Waals surface area contributed by atoms with Crippen molar-refractivity contribution in [3.63, 3.8) is 0 Å². The minimum atomic E-state index is -0.0285. The monoisotopic (exact) mass is 430 g/mol. The molecule has 0 bridgehead atoms. The molecule has 0 saturated heterocycles. The van der Waals surface area contributed by atoms with Crippen molar-refractivity contribution in [2.75, 3.05) is 13.7 Å². The van der Waals surface area contributed by atoms with Crippen molar-refractivity contribution in [2.24, 2.45) is 11.7 Å². The second kappa shape index (κ2) is 10.2. The number of methoxy groups -OCH3 is 1. The average Bonchev–Trinajstić information content (AvgIpc) is 3.16. The number of nitrogens with two attached hydrogens (primary N) is 1. The summed E-state index contributed by atoms with van der Waals surface area (Å²) in [6, 6.07) is 16.2. The zero-order chi connectivity index (χ0) is 20.2. The lowest BCUT2D eigenvalue weighted by Crippen LogP contribution is -2.39. The second-order valence-corrected chi connectivity index (χ2v) is 8.12. The smallest absolute Gasteiger partial charge is 0.223 e. The molecule has 1 aliphatic carbocycles. The predicted octanol–water partition coefficient (Wildman–Crippen LogP) is 4.49. The molecule has 1 aliphatic heterocycles. The number of carbonyl (C=O) groups is 1. The SMILES string of the molecule is COc1ccc2c(c1)C(N(Cc1ccccc1)C(=O)C[C@@H]1CCC[C@H]1N)CCO2.Cl. The standard InChI is InChI=1S/C24H30N2O3.ClH/c1-28-19-10-11-23-20(15-19)22(12-13-29-23)26(16-17-6-3-2-4-7-17)24(27)14-18-8-5-9-21(18)25;/h2-4,6-7,10-11,15,18,21-22H,5,8-9,12-14,16,25H2,1H3;1H/t18-,21+,22?;/m0./s1. The lowest BCUT2D eigenvalue weighted by molar-refractivity contribution is -0.136. The van der Waals surface area contributed by atoms with Crippen molar-refractivity contribution in [1.29, 1.82) is 0 Å². The molecule has 1 unspecified atom stereocenters. The molecule has 162 valence electrons. The molecule has 0 radical (unpaired) electrons. The minimum absolute atomic E-state index is 0. The molecule has 1 fully saturated rings. The third-order valence-electron chi connectivity index (χ3n) is 6.27. The van der Waals surface area contributed by atoms with E-state index in [4.69, 9.17) is 15.2 Å². The maximum atomic E-state index is 13.5. The Morgan fingerprint density at radius 3 is 2.67 bits per heavy atom. The van der Waals surface area contributed by atoms with Crippen LogP contribution >= 0.6 is 12.4 Å². The van der Waals surface area contributed by atoms with E-state index in [1.54, 1.807) is 7.11 Å². The summed E-state index contributed by atoms with van der Waals surface area (Å²) in [6.45, 7) is 1.19. The van der Waals surface area contributed by atoms with Crippen molar-refractivity contribution in [3.05, 3.63) is 59.7 Å². The van der Waals surface area contributed by atoms with Gasteiger partial charge in [0.05, 0.1) is 19.8 Å². The molecule has 2 aromatic carbocycles. The molecule has 1 amide bonds. The Labute approximate surface area is 184 Å². The summed E-state index contributed by atoms with van der Waals surface area (Å²) in [7, 11) is 1.66. The van der Waals surface area contributed by atoms with Gasteiger partial charge in [-0.2, -0.15) is 0 Å². The van der Waals surface area contributed by atoms with Crippen LogP contribution in [0.25, 0.3) is 0 Å². The Kier molecular flexibility index (Phi) is 7.62. The Morgan fingerprint density at radius 1 is 1.17 bits per heavy atom. The van der Waals surface area contributed by atoms with Gasteiger partial charge in [0, 0.05) is 31.0 Å². The number of halogens is 1. The van der Waals surface area contributed by atoms with Gasteiger partial charge in [0.2, 0.25) is 5.91 Å². The van der Waals surface area contributed by atoms with Crippen LogP contribution in [-0.4, -0.2) is 30.6 Å². The maximum Gasteiger partial charge on any atom is 0.223 e. The van der Waals surface area contributed by atoms with E-state index in [9.17, 15) is 4.79 Å². The minimum Gasteiger partial charge on any atom is -0.497 e. The van der Waals surface area contributed by atoms with Crippen molar-refractivity contribution in [3.8, 4) is 11.5 Å². The molecule has 4 rings (SSSR count). The first-order valence-electron chi connectivity index (χ1n) is 10.6. The van der Waals surface area contributed by atoms with E-state index in [1.165, 1.54) is 0 Å². The Bertz CT molecular complexity index is 846. The molecule has 3 atom stereocenters. The van der Waals surface area contributed by atoms with Gasteiger partial charge >= 0.3 is 0 Å². The topological polar surface area (TPSA) is 64.8 Å². The van der Waals surface area contributed by atoms with Crippen molar-refractivity contribution >= 4 is 18.3 Å². The van der Waals surface area contributed by atoms with Gasteiger partial charge in [-0.15, -0.1) is 12.4 Å². The van der Waals surface area contributed by atoms with E-state index in [1.807, 2.05) is 41.3 Å². The van der Waals surface area contributed by atoms with E-state index in [0.29, 0.717) is 19.6 Å². The molecule has 2 aromatic rings. The van der Waals surface area contributed by atoms with Gasteiger partial charge in [0.1, 0.15) is 11.5 Å². The molecule has 1 heterocycles. The Morgan fingerprint density at radius 2 is 1.97 bits per heavy atom. The third-order valence-corrected chi connectivity index (χ3v) is 6.27. The maximum absolute atomic E-state index is 13.5. The first-order chi connectivity index (χ1) is 14.2. The van der Waals surface area contributed by atoms with Crippen LogP contribution in [-0.2, 0) is 11.3 Å². The van der Waals surface area contributed by atoms with Crippen LogP contribution in [0.3, 0.4) is 0 Å². The summed E-state index contributed by atoms with van der Waals surface area (Å²) >= 11 is 0. The average molecular weight is 431 g/mol. The highest BCUT2D eigenvalue weighted by molar-refractivity contribution is 5.85. The van der Waals surface area contributed by atoms with Crippen LogP contribution in [0.5, 0.6) is 11.5 Å². The molecular formula is C24H31ClN2O3. The highest BCUT2D eigenvalue weighted by Gasteiger charge is 2.34. The number of ether oxygens (including phenoxy) is 2. The largest absolute Gasteiger partial charge is 0.497 e. The van der Waals surface area contributed by atoms with E-state index in [0.717, 1.165) is 48.3 Å². The third kappa shape index (κ3) is 4.90. The summed E-state index contributed by atoms with van der Waals surface area (Å²) in [4.78, 5) is 15.5. The molecular weight excluding hydrogens is 400 g/mol. The van der Waals surface area contributed by atoms with Crippen LogP contribution in [0.1, 0.15) is 49.3 Å². The number of hydrogen-bond acceptors (Lipinski definition) is 4. The summed E-state index contributed by atoms with van der Waals surface area (Å²) in [5.74, 6) is 2.08. The number of nitrogens with zero attached hydrogens (tertiary/aromatic N) is 1. The zero-order valence-corrected chi connectivity index (χ0v) is 18.3. The number of fused-ring (bicyclic) bond motifs is 1. The first-order valence-corrected chi connectivity index (χ1v) is 10.6. The number of benzene rings is 2. The molecule has 2 aliphatic rings. The van der Waals surface area contributed by atoms with Gasteiger partial charge in [-0.05, 0) is 42.5 Å². The normalized spacial score (nSPS) is 22.4. The van der Waals surface area contributed by atoms with Crippen LogP contribution in [0.15, 0.2) is 48.5 Å². The predicted molar refractivity (Wildman–Crippen MR) is 120 cm³/mol. The first kappa shape index (κ1) is 22.4. The van der Waals surface area contributed by atoms with E-state index < -0.39 is 0 Å². The van der Waals surface area contributed by atoms with Crippen LogP contribution in [0.4, 0.5) is 0 Å².